The van der Waals surface area contributed by atoms with Crippen molar-refractivity contribution in [1.82, 2.24) is 9.97 Å². The van der Waals surface area contributed by atoms with E-state index in [2.05, 4.69) is 15.3 Å². The molecular formula is C12H10N4O. The van der Waals surface area contributed by atoms with Crippen LogP contribution in [-0.2, 0) is 4.79 Å². The van der Waals surface area contributed by atoms with Crippen LogP contribution in [0.2, 0.25) is 0 Å². The van der Waals surface area contributed by atoms with Crippen LogP contribution in [0.3, 0.4) is 0 Å². The van der Waals surface area contributed by atoms with Crippen molar-refractivity contribution in [1.29, 1.82) is 5.26 Å². The molecule has 1 heterocycles. The van der Waals surface area contributed by atoms with Crippen LogP contribution in [0.25, 0.3) is 11.4 Å². The number of amides is 1. The predicted molar refractivity (Wildman–Crippen MR) is 62.9 cm³/mol. The van der Waals surface area contributed by atoms with Gasteiger partial charge in [0, 0.05) is 23.6 Å². The first-order valence-electron chi connectivity index (χ1n) is 5.06. The first kappa shape index (κ1) is 10.9. The van der Waals surface area contributed by atoms with E-state index in [1.54, 1.807) is 30.6 Å². The van der Waals surface area contributed by atoms with E-state index in [-0.39, 0.29) is 12.3 Å². The third-order valence-corrected chi connectivity index (χ3v) is 2.16. The van der Waals surface area contributed by atoms with Crippen LogP contribution in [0.5, 0.6) is 0 Å². The number of hydrogen-bond donors (Lipinski definition) is 2. The number of H-pyrrole nitrogens is 1. The van der Waals surface area contributed by atoms with E-state index >= 15 is 0 Å². The summed E-state index contributed by atoms with van der Waals surface area (Å²) >= 11 is 0. The summed E-state index contributed by atoms with van der Waals surface area (Å²) in [4.78, 5) is 18.4. The van der Waals surface area contributed by atoms with E-state index in [0.29, 0.717) is 5.69 Å². The number of carbonyl (C=O) groups excluding carboxylic acids is 1. The summed E-state index contributed by atoms with van der Waals surface area (Å²) in [6.45, 7) is 0. The Hall–Kier alpha value is -2.61. The molecule has 0 spiro atoms. The Kier molecular flexibility index (Phi) is 3.17. The molecule has 0 radical (unpaired) electrons. The average molecular weight is 226 g/mol. The zero-order valence-electron chi connectivity index (χ0n) is 8.97. The number of anilines is 1. The van der Waals surface area contributed by atoms with E-state index in [9.17, 15) is 4.79 Å². The highest BCUT2D eigenvalue weighted by molar-refractivity contribution is 5.92. The van der Waals surface area contributed by atoms with E-state index in [0.717, 1.165) is 11.4 Å². The maximum atomic E-state index is 11.3. The van der Waals surface area contributed by atoms with E-state index in [4.69, 9.17) is 5.26 Å². The standard InChI is InChI=1S/C12H10N4O/c13-5-4-11(17)16-10-3-1-2-9(8-10)12-14-6-7-15-12/h1-3,6-8H,4H2,(H,14,15)(H,16,17). The van der Waals surface area contributed by atoms with Crippen molar-refractivity contribution in [2.45, 2.75) is 6.42 Å². The molecule has 1 amide bonds. The number of aromatic nitrogens is 2. The number of nitriles is 1. The first-order valence-corrected chi connectivity index (χ1v) is 5.06. The highest BCUT2D eigenvalue weighted by atomic mass is 16.1. The summed E-state index contributed by atoms with van der Waals surface area (Å²) in [5, 5.41) is 11.0. The van der Waals surface area contributed by atoms with Crippen LogP contribution in [-0.4, -0.2) is 15.9 Å². The number of nitrogens with one attached hydrogen (secondary N) is 2. The van der Waals surface area contributed by atoms with Crippen molar-refractivity contribution >= 4 is 11.6 Å². The lowest BCUT2D eigenvalue weighted by Crippen LogP contribution is -2.09. The van der Waals surface area contributed by atoms with Crippen LogP contribution in [0.15, 0.2) is 36.7 Å². The van der Waals surface area contributed by atoms with Crippen LogP contribution >= 0.6 is 0 Å². The Balaban J connectivity index is 2.18. The third-order valence-electron chi connectivity index (χ3n) is 2.16. The van der Waals surface area contributed by atoms with Gasteiger partial charge in [-0.2, -0.15) is 5.26 Å². The van der Waals surface area contributed by atoms with Gasteiger partial charge in [0.15, 0.2) is 0 Å². The number of carbonyl (C=O) groups is 1. The molecule has 0 aliphatic rings. The minimum absolute atomic E-state index is 0.148. The summed E-state index contributed by atoms with van der Waals surface area (Å²) in [7, 11) is 0. The Morgan fingerprint density at radius 1 is 1.53 bits per heavy atom. The number of benzene rings is 1. The molecule has 5 nitrogen and oxygen atoms in total. The van der Waals surface area contributed by atoms with Gasteiger partial charge in [0.2, 0.25) is 5.91 Å². The molecule has 0 aliphatic carbocycles. The molecule has 84 valence electrons. The normalized spacial score (nSPS) is 9.59. The lowest BCUT2D eigenvalue weighted by atomic mass is 10.2. The molecule has 1 aromatic carbocycles. The summed E-state index contributed by atoms with van der Waals surface area (Å²) in [5.74, 6) is 0.422. The van der Waals surface area contributed by atoms with Crippen molar-refractivity contribution in [3.8, 4) is 17.5 Å². The molecule has 0 aliphatic heterocycles. The summed E-state index contributed by atoms with van der Waals surface area (Å²) in [6.07, 6.45) is 3.25. The molecule has 5 heteroatoms. The van der Waals surface area contributed by atoms with Crippen molar-refractivity contribution in [2.24, 2.45) is 0 Å². The monoisotopic (exact) mass is 226 g/mol. The quantitative estimate of drug-likeness (QED) is 0.838. The van der Waals surface area contributed by atoms with Gasteiger partial charge < -0.3 is 10.3 Å². The largest absolute Gasteiger partial charge is 0.345 e. The maximum Gasteiger partial charge on any atom is 0.238 e. The van der Waals surface area contributed by atoms with Gasteiger partial charge in [-0.15, -0.1) is 0 Å². The fourth-order valence-corrected chi connectivity index (χ4v) is 1.44. The third kappa shape index (κ3) is 2.69. The van der Waals surface area contributed by atoms with Gasteiger partial charge in [0.05, 0.1) is 6.07 Å². The van der Waals surface area contributed by atoms with Gasteiger partial charge in [-0.3, -0.25) is 4.79 Å². The molecule has 0 fully saturated rings. The second-order valence-corrected chi connectivity index (χ2v) is 3.40. The zero-order chi connectivity index (χ0) is 12.1. The van der Waals surface area contributed by atoms with E-state index in [1.807, 2.05) is 12.1 Å². The second kappa shape index (κ2) is 4.94. The zero-order valence-corrected chi connectivity index (χ0v) is 8.97. The number of aromatic amines is 1. The van der Waals surface area contributed by atoms with E-state index < -0.39 is 0 Å². The number of nitrogens with zero attached hydrogens (tertiary/aromatic N) is 2. The summed E-state index contributed by atoms with van der Waals surface area (Å²) < 4.78 is 0. The van der Waals surface area contributed by atoms with Crippen molar-refractivity contribution in [2.75, 3.05) is 5.32 Å². The van der Waals surface area contributed by atoms with E-state index in [1.165, 1.54) is 0 Å². The number of rotatable bonds is 3. The molecular weight excluding hydrogens is 216 g/mol. The van der Waals surface area contributed by atoms with Gasteiger partial charge in [-0.05, 0) is 12.1 Å². The van der Waals surface area contributed by atoms with Gasteiger partial charge in [0.1, 0.15) is 12.2 Å². The smallest absolute Gasteiger partial charge is 0.238 e. The molecule has 2 rings (SSSR count). The molecule has 0 unspecified atom stereocenters. The Labute approximate surface area is 98.1 Å². The van der Waals surface area contributed by atoms with Crippen LogP contribution in [0.4, 0.5) is 5.69 Å². The first-order chi connectivity index (χ1) is 8.29. The van der Waals surface area contributed by atoms with Crippen molar-refractivity contribution in [3.63, 3.8) is 0 Å². The minimum atomic E-state index is -0.316. The van der Waals surface area contributed by atoms with Crippen molar-refractivity contribution < 1.29 is 4.79 Å². The molecule has 17 heavy (non-hydrogen) atoms. The van der Waals surface area contributed by atoms with Gasteiger partial charge >= 0.3 is 0 Å². The van der Waals surface area contributed by atoms with Crippen LogP contribution < -0.4 is 5.32 Å². The molecule has 0 bridgehead atoms. The molecule has 2 aromatic rings. The highest BCUT2D eigenvalue weighted by Crippen LogP contribution is 2.18. The predicted octanol–water partition coefficient (Wildman–Crippen LogP) is 1.93. The Bertz CT molecular complexity index is 554. The SMILES string of the molecule is N#CCC(=O)Nc1cccc(-c2ncc[nH]2)c1. The van der Waals surface area contributed by atoms with Gasteiger partial charge in [-0.25, -0.2) is 4.98 Å². The lowest BCUT2D eigenvalue weighted by Gasteiger charge is -2.04. The second-order valence-electron chi connectivity index (χ2n) is 3.40. The average Bonchev–Trinajstić information content (AvgIpc) is 2.83. The maximum absolute atomic E-state index is 11.3. The fourth-order valence-electron chi connectivity index (χ4n) is 1.44. The molecule has 0 saturated carbocycles. The van der Waals surface area contributed by atoms with Crippen molar-refractivity contribution in [3.05, 3.63) is 36.7 Å². The van der Waals surface area contributed by atoms with Gasteiger partial charge in [-0.1, -0.05) is 12.1 Å². The Morgan fingerprint density at radius 3 is 3.12 bits per heavy atom. The number of imidazole rings is 1. The topological polar surface area (TPSA) is 81.6 Å². The summed E-state index contributed by atoms with van der Waals surface area (Å²) in [5.41, 5.74) is 1.53. The fraction of sp³-hybridized carbons (Fsp3) is 0.0833. The number of hydrogen-bond acceptors (Lipinski definition) is 3. The van der Waals surface area contributed by atoms with Crippen LogP contribution in [0, 0.1) is 11.3 Å². The molecule has 2 N–H and O–H groups in total. The lowest BCUT2D eigenvalue weighted by molar-refractivity contribution is -0.115. The molecule has 0 saturated heterocycles. The minimum Gasteiger partial charge on any atom is -0.345 e. The highest BCUT2D eigenvalue weighted by Gasteiger charge is 2.04. The molecule has 0 atom stereocenters. The Morgan fingerprint density at radius 2 is 2.41 bits per heavy atom. The molecule has 1 aromatic heterocycles. The van der Waals surface area contributed by atoms with Crippen LogP contribution in [0.1, 0.15) is 6.42 Å². The summed E-state index contributed by atoms with van der Waals surface area (Å²) in [6, 6.07) is 9.07. The van der Waals surface area contributed by atoms with Gasteiger partial charge in [0.25, 0.3) is 0 Å².